The van der Waals surface area contributed by atoms with Crippen molar-refractivity contribution in [2.75, 3.05) is 0 Å². The second kappa shape index (κ2) is 3.96. The first-order valence-corrected chi connectivity index (χ1v) is 4.18. The summed E-state index contributed by atoms with van der Waals surface area (Å²) in [5.41, 5.74) is 0.866. The highest BCUT2D eigenvalue weighted by Crippen LogP contribution is 1.90. The van der Waals surface area contributed by atoms with Gasteiger partial charge in [0.15, 0.2) is 0 Å². The Balaban J connectivity index is 3.16. The predicted molar refractivity (Wildman–Crippen MR) is 52.1 cm³/mol. The summed E-state index contributed by atoms with van der Waals surface area (Å²) in [6, 6.07) is 1.98. The van der Waals surface area contributed by atoms with Crippen LogP contribution in [0.15, 0.2) is 22.6 Å². The van der Waals surface area contributed by atoms with E-state index in [9.17, 15) is 0 Å². The highest BCUT2D eigenvalue weighted by molar-refractivity contribution is 5.34. The van der Waals surface area contributed by atoms with Crippen LogP contribution in [0.4, 0.5) is 0 Å². The lowest BCUT2D eigenvalue weighted by Crippen LogP contribution is -2.16. The van der Waals surface area contributed by atoms with E-state index in [4.69, 9.17) is 4.42 Å². The third-order valence-electron chi connectivity index (χ3n) is 1.68. The monoisotopic (exact) mass is 162 g/mol. The van der Waals surface area contributed by atoms with Crippen molar-refractivity contribution in [2.45, 2.75) is 20.3 Å². The fraction of sp³-hybridized carbons (Fsp3) is 0.273. The maximum absolute atomic E-state index is 5.50. The van der Waals surface area contributed by atoms with Crippen LogP contribution in [-0.4, -0.2) is 0 Å². The Hall–Kier alpha value is -1.24. The fourth-order valence-corrected chi connectivity index (χ4v) is 1.00. The molecule has 1 heteroatoms. The Kier molecular flexibility index (Phi) is 2.92. The van der Waals surface area contributed by atoms with Gasteiger partial charge in [0.1, 0.15) is 11.2 Å². The maximum Gasteiger partial charge on any atom is 0.133 e. The number of furan rings is 1. The van der Waals surface area contributed by atoms with Crippen LogP contribution in [0.25, 0.3) is 12.7 Å². The summed E-state index contributed by atoms with van der Waals surface area (Å²) in [7, 11) is 0. The molecule has 12 heavy (non-hydrogen) atoms. The van der Waals surface area contributed by atoms with E-state index >= 15 is 0 Å². The molecule has 0 amide bonds. The molecule has 0 aliphatic carbocycles. The largest absolute Gasteiger partial charge is 0.461 e. The van der Waals surface area contributed by atoms with Gasteiger partial charge in [0.05, 0.1) is 0 Å². The van der Waals surface area contributed by atoms with Crippen LogP contribution in [0.3, 0.4) is 0 Å². The summed E-state index contributed by atoms with van der Waals surface area (Å²) >= 11 is 0. The molecule has 64 valence electrons. The summed E-state index contributed by atoms with van der Waals surface area (Å²) in [5, 5.41) is 0.963. The summed E-state index contributed by atoms with van der Waals surface area (Å²) in [6.45, 7) is 7.93. The van der Waals surface area contributed by atoms with Crippen molar-refractivity contribution in [3.05, 3.63) is 34.6 Å². The molecule has 0 unspecified atom stereocenters. The number of rotatable bonds is 2. The van der Waals surface area contributed by atoms with Gasteiger partial charge in [-0.3, -0.25) is 0 Å². The Bertz CT molecular complexity index is 368. The zero-order valence-corrected chi connectivity index (χ0v) is 7.63. The molecule has 1 nitrogen and oxygen atoms in total. The molecule has 1 heterocycles. The van der Waals surface area contributed by atoms with E-state index in [1.54, 1.807) is 0 Å². The third-order valence-corrected chi connectivity index (χ3v) is 1.68. The van der Waals surface area contributed by atoms with Crippen molar-refractivity contribution in [3.63, 3.8) is 0 Å². The van der Waals surface area contributed by atoms with E-state index in [-0.39, 0.29) is 0 Å². The average Bonchev–Trinajstić information content (AvgIpc) is 2.43. The molecule has 0 saturated heterocycles. The summed E-state index contributed by atoms with van der Waals surface area (Å²) in [6.07, 6.45) is 6.77. The second-order valence-electron chi connectivity index (χ2n) is 2.65. The molecule has 0 atom stereocenters. The van der Waals surface area contributed by atoms with Gasteiger partial charge in [-0.1, -0.05) is 25.7 Å². The Labute approximate surface area is 72.7 Å². The highest BCUT2D eigenvalue weighted by atomic mass is 16.3. The quantitative estimate of drug-likeness (QED) is 0.644. The second-order valence-corrected chi connectivity index (χ2v) is 2.65. The lowest BCUT2D eigenvalue weighted by Gasteiger charge is -1.81. The van der Waals surface area contributed by atoms with Crippen molar-refractivity contribution in [1.29, 1.82) is 0 Å². The molecule has 0 spiro atoms. The van der Waals surface area contributed by atoms with Gasteiger partial charge in [0.2, 0.25) is 0 Å². The zero-order valence-electron chi connectivity index (χ0n) is 7.63. The fourth-order valence-electron chi connectivity index (χ4n) is 1.00. The van der Waals surface area contributed by atoms with Crippen LogP contribution in [0.5, 0.6) is 0 Å². The molecular formula is C11H14O. The molecule has 1 aromatic rings. The van der Waals surface area contributed by atoms with Crippen LogP contribution >= 0.6 is 0 Å². The Morgan fingerprint density at radius 1 is 1.58 bits per heavy atom. The predicted octanol–water partition coefficient (Wildman–Crippen LogP) is 1.61. The van der Waals surface area contributed by atoms with Crippen LogP contribution in [0, 0.1) is 0 Å². The topological polar surface area (TPSA) is 13.1 Å². The van der Waals surface area contributed by atoms with Gasteiger partial charge in [-0.25, -0.2) is 0 Å². The summed E-state index contributed by atoms with van der Waals surface area (Å²) in [5.74, 6) is 0.996. The van der Waals surface area contributed by atoms with E-state index < -0.39 is 0 Å². The van der Waals surface area contributed by atoms with Crippen LogP contribution in [0.1, 0.15) is 19.6 Å². The minimum atomic E-state index is 0.866. The SMILES string of the molecule is C=c1cc(CC)o/c1=C/C=C\C. The van der Waals surface area contributed by atoms with Crippen molar-refractivity contribution in [2.24, 2.45) is 0 Å². The van der Waals surface area contributed by atoms with Crippen LogP contribution < -0.4 is 10.6 Å². The summed E-state index contributed by atoms with van der Waals surface area (Å²) < 4.78 is 5.50. The van der Waals surface area contributed by atoms with E-state index in [0.717, 1.165) is 22.8 Å². The van der Waals surface area contributed by atoms with Gasteiger partial charge < -0.3 is 4.42 Å². The van der Waals surface area contributed by atoms with Crippen LogP contribution in [-0.2, 0) is 6.42 Å². The van der Waals surface area contributed by atoms with Crippen molar-refractivity contribution in [3.8, 4) is 0 Å². The van der Waals surface area contributed by atoms with Gasteiger partial charge in [0, 0.05) is 11.6 Å². The molecule has 0 fully saturated rings. The smallest absolute Gasteiger partial charge is 0.133 e. The van der Waals surface area contributed by atoms with Gasteiger partial charge in [-0.2, -0.15) is 0 Å². The molecule has 0 saturated carbocycles. The Morgan fingerprint density at radius 2 is 2.33 bits per heavy atom. The molecule has 1 rings (SSSR count). The number of allylic oxidation sites excluding steroid dienone is 2. The number of aryl methyl sites for hydroxylation is 1. The molecular weight excluding hydrogens is 148 g/mol. The average molecular weight is 162 g/mol. The zero-order chi connectivity index (χ0) is 8.97. The van der Waals surface area contributed by atoms with Crippen molar-refractivity contribution in [1.82, 2.24) is 0 Å². The van der Waals surface area contributed by atoms with Crippen molar-refractivity contribution < 1.29 is 4.42 Å². The molecule has 0 N–H and O–H groups in total. The number of hydrogen-bond acceptors (Lipinski definition) is 1. The molecule has 0 aliphatic rings. The molecule has 0 aliphatic heterocycles. The van der Waals surface area contributed by atoms with E-state index in [1.807, 2.05) is 31.2 Å². The van der Waals surface area contributed by atoms with E-state index in [1.165, 1.54) is 0 Å². The third kappa shape index (κ3) is 1.88. The van der Waals surface area contributed by atoms with Gasteiger partial charge in [0.25, 0.3) is 0 Å². The first-order valence-electron chi connectivity index (χ1n) is 4.18. The Morgan fingerprint density at radius 3 is 2.83 bits per heavy atom. The lowest BCUT2D eigenvalue weighted by atomic mass is 10.3. The maximum atomic E-state index is 5.50. The van der Waals surface area contributed by atoms with E-state index in [0.29, 0.717) is 0 Å². The normalized spacial score (nSPS) is 13.0. The van der Waals surface area contributed by atoms with Gasteiger partial charge in [-0.05, 0) is 19.1 Å². The van der Waals surface area contributed by atoms with Gasteiger partial charge >= 0.3 is 0 Å². The van der Waals surface area contributed by atoms with Crippen molar-refractivity contribution >= 4 is 12.7 Å². The van der Waals surface area contributed by atoms with E-state index in [2.05, 4.69) is 13.5 Å². The minimum Gasteiger partial charge on any atom is -0.461 e. The lowest BCUT2D eigenvalue weighted by molar-refractivity contribution is 0.486. The number of hydrogen-bond donors (Lipinski definition) is 0. The first kappa shape index (κ1) is 8.85. The minimum absolute atomic E-state index is 0.866. The van der Waals surface area contributed by atoms with Gasteiger partial charge in [-0.15, -0.1) is 0 Å². The van der Waals surface area contributed by atoms with Crippen LogP contribution in [0.2, 0.25) is 0 Å². The molecule has 1 aromatic heterocycles. The summed E-state index contributed by atoms with van der Waals surface area (Å²) in [4.78, 5) is 0. The molecule has 0 aromatic carbocycles. The first-order chi connectivity index (χ1) is 5.77. The highest BCUT2D eigenvalue weighted by Gasteiger charge is 1.93. The molecule has 0 radical (unpaired) electrons. The molecule has 0 bridgehead atoms. The standard InChI is InChI=1S/C11H14O/c1-4-6-7-11-9(3)8-10(5-2)12-11/h4,6-8H,3,5H2,1-2H3/b6-4-,11-7+.